The van der Waals surface area contributed by atoms with Gasteiger partial charge >= 0.3 is 0 Å². The average Bonchev–Trinajstić information content (AvgIpc) is 2.30. The molecule has 0 amide bonds. The van der Waals surface area contributed by atoms with Crippen LogP contribution in [0.1, 0.15) is 59.3 Å². The number of halogens is 1. The molecule has 104 valence electrons. The first-order chi connectivity index (χ1) is 7.95. The van der Waals surface area contributed by atoms with Gasteiger partial charge in [-0.3, -0.25) is 0 Å². The topological polar surface area (TPSA) is 34.1 Å². The van der Waals surface area contributed by atoms with Crippen LogP contribution in [0.4, 0.5) is 0 Å². The van der Waals surface area contributed by atoms with Crippen molar-refractivity contribution in [3.8, 4) is 0 Å². The standard InChI is InChI=1S/C13H27BrO2S/c1-4-7-8-13(6-3,12-14)9-11-17(15,16)10-5-2/h4-12H2,1-3H3. The van der Waals surface area contributed by atoms with Crippen molar-refractivity contribution in [3.63, 3.8) is 0 Å². The third-order valence-corrected chi connectivity index (χ3v) is 6.60. The van der Waals surface area contributed by atoms with Gasteiger partial charge in [0.2, 0.25) is 0 Å². The molecule has 0 rings (SSSR count). The van der Waals surface area contributed by atoms with Crippen molar-refractivity contribution >= 4 is 25.8 Å². The van der Waals surface area contributed by atoms with E-state index in [2.05, 4.69) is 29.8 Å². The summed E-state index contributed by atoms with van der Waals surface area (Å²) in [5, 5.41) is 0.915. The van der Waals surface area contributed by atoms with Crippen molar-refractivity contribution in [2.24, 2.45) is 5.41 Å². The van der Waals surface area contributed by atoms with Crippen molar-refractivity contribution in [1.29, 1.82) is 0 Å². The zero-order chi connectivity index (χ0) is 13.4. The second-order valence-electron chi connectivity index (χ2n) is 4.99. The van der Waals surface area contributed by atoms with Crippen LogP contribution in [-0.2, 0) is 9.84 Å². The molecular weight excluding hydrogens is 300 g/mol. The quantitative estimate of drug-likeness (QED) is 0.564. The van der Waals surface area contributed by atoms with Crippen LogP contribution >= 0.6 is 15.9 Å². The molecule has 1 unspecified atom stereocenters. The van der Waals surface area contributed by atoms with Crippen LogP contribution < -0.4 is 0 Å². The molecule has 4 heteroatoms. The summed E-state index contributed by atoms with van der Waals surface area (Å²) >= 11 is 3.58. The van der Waals surface area contributed by atoms with Crippen molar-refractivity contribution in [1.82, 2.24) is 0 Å². The van der Waals surface area contributed by atoms with Crippen molar-refractivity contribution < 1.29 is 8.42 Å². The van der Waals surface area contributed by atoms with Crippen LogP contribution in [0.15, 0.2) is 0 Å². The molecule has 0 bridgehead atoms. The molecular formula is C13H27BrO2S. The Labute approximate surface area is 116 Å². The largest absolute Gasteiger partial charge is 0.229 e. The summed E-state index contributed by atoms with van der Waals surface area (Å²) in [6.45, 7) is 6.28. The molecule has 17 heavy (non-hydrogen) atoms. The summed E-state index contributed by atoms with van der Waals surface area (Å²) in [5.74, 6) is 0.687. The minimum atomic E-state index is -2.83. The third kappa shape index (κ3) is 6.80. The Morgan fingerprint density at radius 2 is 1.65 bits per heavy atom. The lowest BCUT2D eigenvalue weighted by atomic mass is 9.80. The predicted octanol–water partition coefficient (Wildman–Crippen LogP) is 4.18. The fourth-order valence-corrected chi connectivity index (χ4v) is 4.57. The molecule has 0 heterocycles. The van der Waals surface area contributed by atoms with Crippen LogP contribution in [0.5, 0.6) is 0 Å². The number of sulfone groups is 1. The molecule has 0 aliphatic heterocycles. The molecule has 1 atom stereocenters. The third-order valence-electron chi connectivity index (χ3n) is 3.55. The molecule has 0 aliphatic carbocycles. The predicted molar refractivity (Wildman–Crippen MR) is 79.6 cm³/mol. The number of rotatable bonds is 10. The molecule has 0 saturated heterocycles. The fourth-order valence-electron chi connectivity index (χ4n) is 2.04. The van der Waals surface area contributed by atoms with Gasteiger partial charge in [0.05, 0.1) is 5.75 Å². The second-order valence-corrected chi connectivity index (χ2v) is 7.86. The van der Waals surface area contributed by atoms with E-state index >= 15 is 0 Å². The minimum absolute atomic E-state index is 0.177. The smallest absolute Gasteiger partial charge is 0.150 e. The van der Waals surface area contributed by atoms with Crippen LogP contribution in [-0.4, -0.2) is 25.3 Å². The van der Waals surface area contributed by atoms with Gasteiger partial charge < -0.3 is 0 Å². The lowest BCUT2D eigenvalue weighted by Crippen LogP contribution is -2.26. The van der Waals surface area contributed by atoms with Gasteiger partial charge in [0.15, 0.2) is 0 Å². The molecule has 0 fully saturated rings. The zero-order valence-corrected chi connectivity index (χ0v) is 13.9. The molecule has 0 aliphatic rings. The fraction of sp³-hybridized carbons (Fsp3) is 1.00. The molecule has 0 N–H and O–H groups in total. The van der Waals surface area contributed by atoms with E-state index in [1.807, 2.05) is 6.92 Å². The molecule has 0 radical (unpaired) electrons. The molecule has 2 nitrogen and oxygen atoms in total. The van der Waals surface area contributed by atoms with Crippen molar-refractivity contribution in [3.05, 3.63) is 0 Å². The van der Waals surface area contributed by atoms with Crippen molar-refractivity contribution in [2.75, 3.05) is 16.8 Å². The maximum Gasteiger partial charge on any atom is 0.150 e. The lowest BCUT2D eigenvalue weighted by Gasteiger charge is -2.30. The van der Waals surface area contributed by atoms with Crippen LogP contribution in [0.25, 0.3) is 0 Å². The van der Waals surface area contributed by atoms with Gasteiger partial charge in [0.1, 0.15) is 9.84 Å². The maximum absolute atomic E-state index is 11.8. The molecule has 0 spiro atoms. The van der Waals surface area contributed by atoms with Crippen LogP contribution in [0.2, 0.25) is 0 Å². The van der Waals surface area contributed by atoms with Gasteiger partial charge in [0, 0.05) is 11.1 Å². The Morgan fingerprint density at radius 1 is 1.00 bits per heavy atom. The normalized spacial score (nSPS) is 15.8. The van der Waals surface area contributed by atoms with Gasteiger partial charge in [-0.1, -0.05) is 49.5 Å². The number of hydrogen-bond acceptors (Lipinski definition) is 2. The van der Waals surface area contributed by atoms with Crippen molar-refractivity contribution in [2.45, 2.75) is 59.3 Å². The van der Waals surface area contributed by atoms with Gasteiger partial charge in [0.25, 0.3) is 0 Å². The van der Waals surface area contributed by atoms with E-state index < -0.39 is 9.84 Å². The Bertz CT molecular complexity index is 282. The highest BCUT2D eigenvalue weighted by Crippen LogP contribution is 2.35. The number of alkyl halides is 1. The van der Waals surface area contributed by atoms with E-state index in [9.17, 15) is 8.42 Å². The second kappa shape index (κ2) is 8.52. The first kappa shape index (κ1) is 17.4. The highest BCUT2D eigenvalue weighted by atomic mass is 79.9. The van der Waals surface area contributed by atoms with Gasteiger partial charge in [-0.2, -0.15) is 0 Å². The molecule has 0 saturated carbocycles. The summed E-state index contributed by atoms with van der Waals surface area (Å²) in [5.41, 5.74) is 0.177. The van der Waals surface area contributed by atoms with E-state index in [-0.39, 0.29) is 5.41 Å². The molecule has 0 aromatic heterocycles. The lowest BCUT2D eigenvalue weighted by molar-refractivity contribution is 0.276. The Balaban J connectivity index is 4.44. The first-order valence-corrected chi connectivity index (χ1v) is 9.66. The maximum atomic E-state index is 11.8. The van der Waals surface area contributed by atoms with Gasteiger partial charge in [-0.05, 0) is 31.1 Å². The summed E-state index contributed by atoms with van der Waals surface area (Å²) in [6.07, 6.45) is 6.08. The number of hydrogen-bond donors (Lipinski definition) is 0. The summed E-state index contributed by atoms with van der Waals surface area (Å²) < 4.78 is 23.5. The van der Waals surface area contributed by atoms with E-state index in [0.717, 1.165) is 31.0 Å². The Kier molecular flexibility index (Phi) is 8.73. The van der Waals surface area contributed by atoms with Crippen LogP contribution in [0.3, 0.4) is 0 Å². The first-order valence-electron chi connectivity index (χ1n) is 6.71. The molecule has 0 aromatic carbocycles. The minimum Gasteiger partial charge on any atom is -0.229 e. The Hall–Kier alpha value is 0.430. The highest BCUT2D eigenvalue weighted by molar-refractivity contribution is 9.09. The average molecular weight is 327 g/mol. The van der Waals surface area contributed by atoms with E-state index in [4.69, 9.17) is 0 Å². The van der Waals surface area contributed by atoms with E-state index in [1.54, 1.807) is 0 Å². The van der Waals surface area contributed by atoms with E-state index in [1.165, 1.54) is 12.8 Å². The highest BCUT2D eigenvalue weighted by Gasteiger charge is 2.28. The monoisotopic (exact) mass is 326 g/mol. The van der Waals surface area contributed by atoms with Crippen LogP contribution in [0, 0.1) is 5.41 Å². The van der Waals surface area contributed by atoms with Gasteiger partial charge in [-0.15, -0.1) is 0 Å². The summed E-state index contributed by atoms with van der Waals surface area (Å²) in [6, 6.07) is 0. The number of unbranched alkanes of at least 4 members (excludes halogenated alkanes) is 1. The summed E-state index contributed by atoms with van der Waals surface area (Å²) in [7, 11) is -2.83. The SMILES string of the molecule is CCCCC(CC)(CBr)CCS(=O)(=O)CCC. The molecule has 0 aromatic rings. The van der Waals surface area contributed by atoms with E-state index in [0.29, 0.717) is 11.5 Å². The Morgan fingerprint density at radius 3 is 2.06 bits per heavy atom. The zero-order valence-electron chi connectivity index (χ0n) is 11.5. The summed E-state index contributed by atoms with van der Waals surface area (Å²) in [4.78, 5) is 0. The van der Waals surface area contributed by atoms with Gasteiger partial charge in [-0.25, -0.2) is 8.42 Å².